The highest BCUT2D eigenvalue weighted by molar-refractivity contribution is 7.89. The van der Waals surface area contributed by atoms with Gasteiger partial charge in [0.15, 0.2) is 12.2 Å². The Kier molecular flexibility index (Phi) is 9.16. The topological polar surface area (TPSA) is 169 Å². The van der Waals surface area contributed by atoms with E-state index in [1.165, 1.54) is 4.90 Å². The normalized spacial score (nSPS) is 21.0. The van der Waals surface area contributed by atoms with Gasteiger partial charge in [0.25, 0.3) is 0 Å². The number of likely N-dealkylation sites (N-methyl/N-ethyl adjacent to an activating group) is 1. The first-order chi connectivity index (χ1) is 18.9. The van der Waals surface area contributed by atoms with Crippen molar-refractivity contribution >= 4 is 28.0 Å². The molecule has 3 heterocycles. The molecule has 13 heteroatoms. The molecule has 0 spiro atoms. The molecule has 4 rings (SSSR count). The van der Waals surface area contributed by atoms with Gasteiger partial charge in [-0.2, -0.15) is 4.72 Å². The molecule has 0 saturated heterocycles. The highest BCUT2D eigenvalue weighted by Crippen LogP contribution is 2.25. The SMILES string of the molecule is CC1=CCN(C(=O)[C@H](CC2=CCCN(C(=N)N)C2)NS(=O)(=O)c2ccc3c(c2)CCN(C)CC3)[C@H](OC(=O)O)C1. The average Bonchev–Trinajstić information content (AvgIpc) is 3.08. The van der Waals surface area contributed by atoms with Gasteiger partial charge < -0.3 is 30.3 Å². The molecular weight excluding hydrogens is 536 g/mol. The molecule has 12 nitrogen and oxygen atoms in total. The largest absolute Gasteiger partial charge is 0.507 e. The molecule has 1 aromatic carbocycles. The predicted molar refractivity (Wildman–Crippen MR) is 149 cm³/mol. The van der Waals surface area contributed by atoms with Gasteiger partial charge >= 0.3 is 6.16 Å². The molecule has 0 aromatic heterocycles. The molecule has 0 bridgehead atoms. The van der Waals surface area contributed by atoms with Crippen LogP contribution in [-0.4, -0.2) is 98.3 Å². The van der Waals surface area contributed by atoms with Crippen LogP contribution in [0, 0.1) is 5.41 Å². The Morgan fingerprint density at radius 3 is 2.62 bits per heavy atom. The number of benzene rings is 1. The summed E-state index contributed by atoms with van der Waals surface area (Å²) in [6.07, 6.45) is 3.52. The fourth-order valence-electron chi connectivity index (χ4n) is 5.34. The first-order valence-electron chi connectivity index (χ1n) is 13.4. The van der Waals surface area contributed by atoms with Crippen molar-refractivity contribution in [3.05, 3.63) is 52.6 Å². The molecule has 3 aliphatic rings. The summed E-state index contributed by atoms with van der Waals surface area (Å²) in [6, 6.07) is 3.86. The molecule has 1 amide bonds. The fraction of sp³-hybridized carbons (Fsp3) is 0.519. The summed E-state index contributed by atoms with van der Waals surface area (Å²) < 4.78 is 35.0. The zero-order valence-electron chi connectivity index (χ0n) is 22.9. The third-order valence-electron chi connectivity index (χ3n) is 7.64. The summed E-state index contributed by atoms with van der Waals surface area (Å²) in [6.45, 7) is 4.47. The van der Waals surface area contributed by atoms with Crippen LogP contribution >= 0.6 is 0 Å². The molecule has 0 saturated carbocycles. The van der Waals surface area contributed by atoms with Crippen LogP contribution in [0.2, 0.25) is 0 Å². The van der Waals surface area contributed by atoms with Gasteiger partial charge in [-0.15, -0.1) is 0 Å². The van der Waals surface area contributed by atoms with E-state index in [9.17, 15) is 23.1 Å². The number of hydrogen-bond donors (Lipinski definition) is 4. The molecule has 0 radical (unpaired) electrons. The second-order valence-corrected chi connectivity index (χ2v) is 12.4. The summed E-state index contributed by atoms with van der Waals surface area (Å²) in [7, 11) is -2.09. The molecular formula is C27H38N6O6S. The maximum atomic E-state index is 13.9. The molecule has 0 unspecified atom stereocenters. The molecule has 2 atom stereocenters. The second-order valence-electron chi connectivity index (χ2n) is 10.7. The number of carbonyl (C=O) groups is 2. The van der Waals surface area contributed by atoms with E-state index < -0.39 is 34.4 Å². The fourth-order valence-corrected chi connectivity index (χ4v) is 6.58. The van der Waals surface area contributed by atoms with Crippen LogP contribution in [0.5, 0.6) is 0 Å². The molecule has 40 heavy (non-hydrogen) atoms. The minimum atomic E-state index is -4.13. The highest BCUT2D eigenvalue weighted by Gasteiger charge is 2.36. The number of carbonyl (C=O) groups excluding carboxylic acids is 1. The number of ether oxygens (including phenoxy) is 1. The lowest BCUT2D eigenvalue weighted by Gasteiger charge is -2.36. The number of fused-ring (bicyclic) bond motifs is 1. The van der Waals surface area contributed by atoms with E-state index in [1.807, 2.05) is 26.1 Å². The van der Waals surface area contributed by atoms with Gasteiger partial charge in [0.05, 0.1) is 4.90 Å². The molecule has 1 aromatic rings. The van der Waals surface area contributed by atoms with Gasteiger partial charge in [-0.3, -0.25) is 10.2 Å². The van der Waals surface area contributed by atoms with Crippen LogP contribution in [-0.2, 0) is 32.4 Å². The number of rotatable bonds is 7. The van der Waals surface area contributed by atoms with Crippen LogP contribution < -0.4 is 10.5 Å². The van der Waals surface area contributed by atoms with Crippen molar-refractivity contribution in [2.75, 3.05) is 39.8 Å². The quantitative estimate of drug-likeness (QED) is 0.163. The summed E-state index contributed by atoms with van der Waals surface area (Å²) in [5.41, 5.74) is 9.38. The van der Waals surface area contributed by atoms with E-state index in [-0.39, 0.29) is 30.2 Å². The number of guanidine groups is 1. The van der Waals surface area contributed by atoms with E-state index in [0.717, 1.165) is 48.2 Å². The molecule has 3 aliphatic heterocycles. The average molecular weight is 575 g/mol. The zero-order valence-corrected chi connectivity index (χ0v) is 23.7. The van der Waals surface area contributed by atoms with Crippen molar-refractivity contribution in [2.45, 2.75) is 56.2 Å². The lowest BCUT2D eigenvalue weighted by molar-refractivity contribution is -0.144. The van der Waals surface area contributed by atoms with E-state index in [2.05, 4.69) is 9.62 Å². The third kappa shape index (κ3) is 7.20. The van der Waals surface area contributed by atoms with Gasteiger partial charge in [-0.25, -0.2) is 13.2 Å². The van der Waals surface area contributed by atoms with Gasteiger partial charge in [0.1, 0.15) is 6.04 Å². The molecule has 0 fully saturated rings. The van der Waals surface area contributed by atoms with Crippen molar-refractivity contribution in [1.29, 1.82) is 5.41 Å². The Balaban J connectivity index is 1.63. The van der Waals surface area contributed by atoms with Crippen molar-refractivity contribution < 1.29 is 27.9 Å². The lowest BCUT2D eigenvalue weighted by Crippen LogP contribution is -2.54. The third-order valence-corrected chi connectivity index (χ3v) is 9.11. The van der Waals surface area contributed by atoms with E-state index in [0.29, 0.717) is 19.5 Å². The smallest absolute Gasteiger partial charge is 0.450 e. The summed E-state index contributed by atoms with van der Waals surface area (Å²) >= 11 is 0. The van der Waals surface area contributed by atoms with Crippen molar-refractivity contribution in [3.63, 3.8) is 0 Å². The standard InChI is InChI=1S/C27H38N6O6S/c1-18-7-13-33(24(14-18)39-27(35)36)25(34)23(15-19-4-3-10-32(17-19)26(28)29)30-40(37,38)22-6-5-20-8-11-31(2)12-9-21(20)16-22/h4-7,16,23-24,30H,3,8-15,17H2,1-2H3,(H3,28,29)(H,35,36)/t23-,24+/m0/s1. The maximum Gasteiger partial charge on any atom is 0.507 e. The van der Waals surface area contributed by atoms with Gasteiger partial charge in [0, 0.05) is 39.1 Å². The monoisotopic (exact) mass is 574 g/mol. The number of sulfonamides is 1. The van der Waals surface area contributed by atoms with Gasteiger partial charge in [0.2, 0.25) is 15.9 Å². The first-order valence-corrected chi connectivity index (χ1v) is 14.9. The Labute approximate surface area is 235 Å². The van der Waals surface area contributed by atoms with Crippen LogP contribution in [0.3, 0.4) is 0 Å². The van der Waals surface area contributed by atoms with Gasteiger partial charge in [-0.05, 0) is 62.9 Å². The number of nitrogens with zero attached hydrogens (tertiary/aromatic N) is 3. The van der Waals surface area contributed by atoms with Gasteiger partial charge in [-0.1, -0.05) is 29.4 Å². The number of nitrogens with two attached hydrogens (primary N) is 1. The van der Waals surface area contributed by atoms with Crippen molar-refractivity contribution in [2.24, 2.45) is 5.73 Å². The number of nitrogens with one attached hydrogen (secondary N) is 2. The van der Waals surface area contributed by atoms with Crippen LogP contribution in [0.1, 0.15) is 37.3 Å². The lowest BCUT2D eigenvalue weighted by atomic mass is 10.00. The maximum absolute atomic E-state index is 13.9. The highest BCUT2D eigenvalue weighted by atomic mass is 32.2. The van der Waals surface area contributed by atoms with Crippen LogP contribution in [0.25, 0.3) is 0 Å². The minimum absolute atomic E-state index is 0.0383. The minimum Gasteiger partial charge on any atom is -0.450 e. The van der Waals surface area contributed by atoms with E-state index >= 15 is 0 Å². The number of hydrogen-bond acceptors (Lipinski definition) is 7. The van der Waals surface area contributed by atoms with Crippen molar-refractivity contribution in [3.8, 4) is 0 Å². The van der Waals surface area contributed by atoms with Crippen LogP contribution in [0.15, 0.2) is 46.4 Å². The summed E-state index contributed by atoms with van der Waals surface area (Å²) in [5.74, 6) is -0.688. The molecule has 5 N–H and O–H groups in total. The summed E-state index contributed by atoms with van der Waals surface area (Å²) in [5, 5.41) is 17.0. The Hall–Kier alpha value is -3.42. The van der Waals surface area contributed by atoms with E-state index in [1.54, 1.807) is 23.1 Å². The number of carboxylic acid groups (broad SMARTS) is 1. The first kappa shape index (κ1) is 29.6. The predicted octanol–water partition coefficient (Wildman–Crippen LogP) is 1.48. The molecule has 218 valence electrons. The summed E-state index contributed by atoms with van der Waals surface area (Å²) in [4.78, 5) is 30.4. The Morgan fingerprint density at radius 2 is 1.93 bits per heavy atom. The van der Waals surface area contributed by atoms with Crippen LogP contribution in [0.4, 0.5) is 4.79 Å². The van der Waals surface area contributed by atoms with Crippen molar-refractivity contribution in [1.82, 2.24) is 19.4 Å². The Bertz CT molecular complexity index is 1330. The number of amides is 1. The second kappa shape index (κ2) is 12.4. The molecule has 0 aliphatic carbocycles. The Morgan fingerprint density at radius 1 is 1.20 bits per heavy atom. The zero-order chi connectivity index (χ0) is 29.0. The van der Waals surface area contributed by atoms with E-state index in [4.69, 9.17) is 15.9 Å².